The van der Waals surface area contributed by atoms with Crippen molar-refractivity contribution in [1.29, 1.82) is 0 Å². The van der Waals surface area contributed by atoms with Crippen LogP contribution in [0.1, 0.15) is 29.5 Å². The number of hydrogen-bond donors (Lipinski definition) is 1. The molecule has 1 N–H and O–H groups in total. The predicted molar refractivity (Wildman–Crippen MR) is 90.0 cm³/mol. The smallest absolute Gasteiger partial charge is 0.131 e. The van der Waals surface area contributed by atoms with E-state index in [2.05, 4.69) is 59.4 Å². The van der Waals surface area contributed by atoms with Gasteiger partial charge in [-0.3, -0.25) is 0 Å². The summed E-state index contributed by atoms with van der Waals surface area (Å²) in [4.78, 5) is 0. The maximum atomic E-state index is 6.06. The molecule has 0 aromatic heterocycles. The van der Waals surface area contributed by atoms with Crippen LogP contribution in [-0.4, -0.2) is 6.04 Å². The first-order chi connectivity index (χ1) is 10.1. The van der Waals surface area contributed by atoms with Crippen LogP contribution in [0.5, 0.6) is 11.5 Å². The third-order valence-electron chi connectivity index (χ3n) is 3.78. The van der Waals surface area contributed by atoms with E-state index in [0.29, 0.717) is 0 Å². The molecule has 3 rings (SSSR count). The van der Waals surface area contributed by atoms with E-state index >= 15 is 0 Å². The Morgan fingerprint density at radius 2 is 1.86 bits per heavy atom. The largest absolute Gasteiger partial charge is 0.457 e. The number of hydrogen-bond acceptors (Lipinski definition) is 2. The van der Waals surface area contributed by atoms with Crippen molar-refractivity contribution in [3.8, 4) is 11.5 Å². The van der Waals surface area contributed by atoms with Gasteiger partial charge in [0.2, 0.25) is 0 Å². The van der Waals surface area contributed by atoms with E-state index in [-0.39, 0.29) is 0 Å². The lowest BCUT2D eigenvalue weighted by molar-refractivity contribution is 0.474. The number of ether oxygens (including phenoxy) is 1. The SMILES string of the molecule is Cc1cc(CNC2CC2)ccc1Oc1cc(Br)ccc1C. The minimum Gasteiger partial charge on any atom is -0.457 e. The molecule has 0 unspecified atom stereocenters. The Kier molecular flexibility index (Phi) is 4.32. The minimum atomic E-state index is 0.741. The number of aryl methyl sites for hydroxylation is 2. The van der Waals surface area contributed by atoms with E-state index in [1.54, 1.807) is 0 Å². The lowest BCUT2D eigenvalue weighted by Gasteiger charge is -2.13. The number of rotatable bonds is 5. The second-order valence-electron chi connectivity index (χ2n) is 5.77. The van der Waals surface area contributed by atoms with Gasteiger partial charge in [0.05, 0.1) is 0 Å². The van der Waals surface area contributed by atoms with Crippen molar-refractivity contribution < 1.29 is 4.74 Å². The Bertz CT molecular complexity index is 650. The van der Waals surface area contributed by atoms with E-state index in [0.717, 1.165) is 34.1 Å². The average molecular weight is 346 g/mol. The molecule has 0 amide bonds. The van der Waals surface area contributed by atoms with Crippen LogP contribution in [0.4, 0.5) is 0 Å². The molecule has 2 nitrogen and oxygen atoms in total. The number of nitrogens with one attached hydrogen (secondary N) is 1. The number of halogens is 1. The lowest BCUT2D eigenvalue weighted by atomic mass is 10.1. The van der Waals surface area contributed by atoms with Crippen LogP contribution >= 0.6 is 15.9 Å². The van der Waals surface area contributed by atoms with E-state index in [1.807, 2.05) is 12.1 Å². The maximum absolute atomic E-state index is 6.06. The molecule has 0 spiro atoms. The molecule has 21 heavy (non-hydrogen) atoms. The fourth-order valence-electron chi connectivity index (χ4n) is 2.29. The summed E-state index contributed by atoms with van der Waals surface area (Å²) >= 11 is 3.49. The van der Waals surface area contributed by atoms with Crippen LogP contribution in [0.25, 0.3) is 0 Å². The first-order valence-electron chi connectivity index (χ1n) is 7.39. The van der Waals surface area contributed by atoms with Crippen LogP contribution in [0.2, 0.25) is 0 Å². The molecule has 0 radical (unpaired) electrons. The van der Waals surface area contributed by atoms with Crippen molar-refractivity contribution in [2.45, 2.75) is 39.3 Å². The van der Waals surface area contributed by atoms with Gasteiger partial charge in [-0.05, 0) is 61.6 Å². The van der Waals surface area contributed by atoms with Crippen molar-refractivity contribution in [2.24, 2.45) is 0 Å². The molecule has 3 heteroatoms. The van der Waals surface area contributed by atoms with E-state index in [1.165, 1.54) is 24.0 Å². The van der Waals surface area contributed by atoms with Crippen LogP contribution in [0.3, 0.4) is 0 Å². The summed E-state index contributed by atoms with van der Waals surface area (Å²) in [5, 5.41) is 3.54. The molecular formula is C18H20BrNO. The van der Waals surface area contributed by atoms with Gasteiger partial charge in [0.15, 0.2) is 0 Å². The molecule has 0 heterocycles. The van der Waals surface area contributed by atoms with Gasteiger partial charge in [-0.15, -0.1) is 0 Å². The Hall–Kier alpha value is -1.32. The Labute approximate surface area is 134 Å². The zero-order chi connectivity index (χ0) is 14.8. The summed E-state index contributed by atoms with van der Waals surface area (Å²) in [5.74, 6) is 1.82. The van der Waals surface area contributed by atoms with Crippen LogP contribution < -0.4 is 10.1 Å². The fourth-order valence-corrected chi connectivity index (χ4v) is 2.63. The van der Waals surface area contributed by atoms with Gasteiger partial charge in [-0.1, -0.05) is 34.1 Å². The van der Waals surface area contributed by atoms with Gasteiger partial charge < -0.3 is 10.1 Å². The lowest BCUT2D eigenvalue weighted by Crippen LogP contribution is -2.15. The zero-order valence-electron chi connectivity index (χ0n) is 12.4. The topological polar surface area (TPSA) is 21.3 Å². The second-order valence-corrected chi connectivity index (χ2v) is 6.68. The molecule has 1 saturated carbocycles. The highest BCUT2D eigenvalue weighted by Crippen LogP contribution is 2.30. The predicted octanol–water partition coefficient (Wildman–Crippen LogP) is 5.11. The van der Waals surface area contributed by atoms with Crippen LogP contribution in [-0.2, 0) is 6.54 Å². The first kappa shape index (κ1) is 14.6. The molecule has 2 aromatic rings. The third-order valence-corrected chi connectivity index (χ3v) is 4.27. The molecule has 0 atom stereocenters. The molecular weight excluding hydrogens is 326 g/mol. The summed E-state index contributed by atoms with van der Waals surface area (Å²) in [6.07, 6.45) is 2.64. The molecule has 0 aliphatic heterocycles. The van der Waals surface area contributed by atoms with Gasteiger partial charge in [0.25, 0.3) is 0 Å². The van der Waals surface area contributed by atoms with E-state index in [9.17, 15) is 0 Å². The summed E-state index contributed by atoms with van der Waals surface area (Å²) in [6, 6.07) is 13.3. The maximum Gasteiger partial charge on any atom is 0.131 e. The molecule has 2 aromatic carbocycles. The molecule has 0 saturated heterocycles. The van der Waals surface area contributed by atoms with Crippen molar-refractivity contribution in [2.75, 3.05) is 0 Å². The van der Waals surface area contributed by atoms with Crippen molar-refractivity contribution >= 4 is 15.9 Å². The average Bonchev–Trinajstić information content (AvgIpc) is 3.27. The second kappa shape index (κ2) is 6.20. The van der Waals surface area contributed by atoms with Gasteiger partial charge in [-0.2, -0.15) is 0 Å². The van der Waals surface area contributed by atoms with Gasteiger partial charge in [-0.25, -0.2) is 0 Å². The third kappa shape index (κ3) is 3.86. The summed E-state index contributed by atoms with van der Waals surface area (Å²) < 4.78 is 7.10. The normalized spacial score (nSPS) is 14.2. The molecule has 1 aliphatic rings. The molecule has 1 fully saturated rings. The first-order valence-corrected chi connectivity index (χ1v) is 8.18. The van der Waals surface area contributed by atoms with Gasteiger partial charge in [0.1, 0.15) is 11.5 Å². The van der Waals surface area contributed by atoms with Gasteiger partial charge >= 0.3 is 0 Å². The van der Waals surface area contributed by atoms with Crippen molar-refractivity contribution in [1.82, 2.24) is 5.32 Å². The summed E-state index contributed by atoms with van der Waals surface area (Å²) in [6.45, 7) is 5.11. The summed E-state index contributed by atoms with van der Waals surface area (Å²) in [5.41, 5.74) is 3.62. The Morgan fingerprint density at radius 1 is 1.05 bits per heavy atom. The Balaban J connectivity index is 1.74. The van der Waals surface area contributed by atoms with E-state index < -0.39 is 0 Å². The van der Waals surface area contributed by atoms with Crippen molar-refractivity contribution in [3.05, 3.63) is 57.6 Å². The molecule has 0 bridgehead atoms. The van der Waals surface area contributed by atoms with Gasteiger partial charge in [0, 0.05) is 17.1 Å². The Morgan fingerprint density at radius 3 is 2.57 bits per heavy atom. The summed E-state index contributed by atoms with van der Waals surface area (Å²) in [7, 11) is 0. The quantitative estimate of drug-likeness (QED) is 0.812. The molecule has 110 valence electrons. The highest BCUT2D eigenvalue weighted by molar-refractivity contribution is 9.10. The van der Waals surface area contributed by atoms with Crippen LogP contribution in [0.15, 0.2) is 40.9 Å². The minimum absolute atomic E-state index is 0.741. The number of benzene rings is 2. The van der Waals surface area contributed by atoms with E-state index in [4.69, 9.17) is 4.74 Å². The highest BCUT2D eigenvalue weighted by Gasteiger charge is 2.20. The molecule has 1 aliphatic carbocycles. The zero-order valence-corrected chi connectivity index (χ0v) is 14.0. The monoisotopic (exact) mass is 345 g/mol. The van der Waals surface area contributed by atoms with Crippen LogP contribution in [0, 0.1) is 13.8 Å². The van der Waals surface area contributed by atoms with Crippen molar-refractivity contribution in [3.63, 3.8) is 0 Å². The standard InChI is InChI=1S/C18H20BrNO/c1-12-3-5-15(19)10-18(12)21-17-8-4-14(9-13(17)2)11-20-16-6-7-16/h3-5,8-10,16,20H,6-7,11H2,1-2H3. The highest BCUT2D eigenvalue weighted by atomic mass is 79.9. The fraction of sp³-hybridized carbons (Fsp3) is 0.333.